The van der Waals surface area contributed by atoms with Crippen LogP contribution in [0.4, 0.5) is 11.4 Å². The molecule has 1 aliphatic heterocycles. The van der Waals surface area contributed by atoms with Crippen molar-refractivity contribution in [3.05, 3.63) is 31.9 Å². The monoisotopic (exact) mass is 392 g/mol. The number of aliphatic carboxylic acids is 1. The number of benzene rings is 1. The van der Waals surface area contributed by atoms with Gasteiger partial charge in [0.05, 0.1) is 30.6 Å². The van der Waals surface area contributed by atoms with E-state index in [2.05, 4.69) is 0 Å². The number of ether oxygens (including phenoxy) is 1. The Bertz CT molecular complexity index is 537. The molecule has 1 heterocycles. The summed E-state index contributed by atoms with van der Waals surface area (Å²) in [6, 6.07) is 4.54. The fourth-order valence-electron chi connectivity index (χ4n) is 2.23. The first kappa shape index (κ1) is 15.0. The van der Waals surface area contributed by atoms with E-state index in [1.54, 1.807) is 17.0 Å². The number of halogens is 1. The highest BCUT2D eigenvalue weighted by molar-refractivity contribution is 14.1. The first-order valence-corrected chi connectivity index (χ1v) is 7.07. The van der Waals surface area contributed by atoms with Gasteiger partial charge in [0, 0.05) is 16.2 Å². The maximum atomic E-state index is 11.2. The van der Waals surface area contributed by atoms with Crippen molar-refractivity contribution < 1.29 is 19.6 Å². The number of nitro benzene ring substituents is 1. The number of nitrogens with zero attached hydrogens (tertiary/aromatic N) is 2. The van der Waals surface area contributed by atoms with Crippen molar-refractivity contribution >= 4 is 39.9 Å². The largest absolute Gasteiger partial charge is 0.481 e. The van der Waals surface area contributed by atoms with Gasteiger partial charge in [-0.15, -0.1) is 0 Å². The summed E-state index contributed by atoms with van der Waals surface area (Å²) < 4.78 is 6.05. The summed E-state index contributed by atoms with van der Waals surface area (Å²) in [6.07, 6.45) is -0.108. The molecule has 0 amide bonds. The average molecular weight is 392 g/mol. The van der Waals surface area contributed by atoms with E-state index in [9.17, 15) is 14.9 Å². The smallest absolute Gasteiger partial charge is 0.305 e. The quantitative estimate of drug-likeness (QED) is 0.478. The summed E-state index contributed by atoms with van der Waals surface area (Å²) in [5, 5.41) is 20.1. The molecule has 0 saturated carbocycles. The van der Waals surface area contributed by atoms with Gasteiger partial charge in [0.25, 0.3) is 5.69 Å². The lowest BCUT2D eigenvalue weighted by molar-refractivity contribution is -0.384. The van der Waals surface area contributed by atoms with Gasteiger partial charge in [-0.3, -0.25) is 14.9 Å². The molecule has 1 unspecified atom stereocenters. The van der Waals surface area contributed by atoms with Gasteiger partial charge in [0.1, 0.15) is 5.69 Å². The Hall–Kier alpha value is -1.42. The predicted octanol–water partition coefficient (Wildman–Crippen LogP) is 1.88. The van der Waals surface area contributed by atoms with Crippen molar-refractivity contribution in [3.8, 4) is 0 Å². The van der Waals surface area contributed by atoms with E-state index in [1.807, 2.05) is 22.6 Å². The molecule has 0 radical (unpaired) electrons. The molecular formula is C12H13IN2O5. The molecule has 1 aromatic carbocycles. The molecule has 108 valence electrons. The SMILES string of the molecule is O=C(O)CC1COCCN1c1ccc(I)cc1[N+](=O)[O-]. The first-order chi connectivity index (χ1) is 9.49. The highest BCUT2D eigenvalue weighted by atomic mass is 127. The lowest BCUT2D eigenvalue weighted by atomic mass is 10.1. The molecule has 0 bridgehead atoms. The normalized spacial score (nSPS) is 18.9. The zero-order valence-corrected chi connectivity index (χ0v) is 12.6. The second-order valence-electron chi connectivity index (χ2n) is 4.41. The standard InChI is InChI=1S/C12H13IN2O5/c13-8-1-2-10(11(5-8)15(18)19)14-3-4-20-7-9(14)6-12(16)17/h1-2,5,9H,3-4,6-7H2,(H,16,17). The molecule has 20 heavy (non-hydrogen) atoms. The van der Waals surface area contributed by atoms with Crippen LogP contribution in [0.2, 0.25) is 0 Å². The second-order valence-corrected chi connectivity index (χ2v) is 5.66. The van der Waals surface area contributed by atoms with Gasteiger partial charge in [-0.1, -0.05) is 0 Å². The van der Waals surface area contributed by atoms with Gasteiger partial charge in [-0.25, -0.2) is 0 Å². The highest BCUT2D eigenvalue weighted by Gasteiger charge is 2.30. The fourth-order valence-corrected chi connectivity index (χ4v) is 2.70. The van der Waals surface area contributed by atoms with Gasteiger partial charge in [0.2, 0.25) is 0 Å². The Morgan fingerprint density at radius 1 is 1.60 bits per heavy atom. The molecule has 8 heteroatoms. The lowest BCUT2D eigenvalue weighted by Crippen LogP contribution is -2.46. The summed E-state index contributed by atoms with van der Waals surface area (Å²) in [4.78, 5) is 23.4. The van der Waals surface area contributed by atoms with Gasteiger partial charge in [-0.05, 0) is 34.7 Å². The van der Waals surface area contributed by atoms with E-state index in [-0.39, 0.29) is 24.8 Å². The van der Waals surface area contributed by atoms with Gasteiger partial charge >= 0.3 is 5.97 Å². The van der Waals surface area contributed by atoms with Crippen LogP contribution in [0.25, 0.3) is 0 Å². The number of anilines is 1. The minimum atomic E-state index is -0.946. The van der Waals surface area contributed by atoms with E-state index in [0.29, 0.717) is 18.8 Å². The van der Waals surface area contributed by atoms with Crippen LogP contribution in [0.3, 0.4) is 0 Å². The van der Waals surface area contributed by atoms with Crippen molar-refractivity contribution in [2.75, 3.05) is 24.7 Å². The van der Waals surface area contributed by atoms with Crippen LogP contribution in [-0.2, 0) is 9.53 Å². The summed E-state index contributed by atoms with van der Waals surface area (Å²) >= 11 is 2.01. The Morgan fingerprint density at radius 3 is 3.00 bits per heavy atom. The van der Waals surface area contributed by atoms with E-state index in [1.165, 1.54) is 6.07 Å². The van der Waals surface area contributed by atoms with Gasteiger partial charge in [-0.2, -0.15) is 0 Å². The molecule has 0 aromatic heterocycles. The minimum Gasteiger partial charge on any atom is -0.481 e. The van der Waals surface area contributed by atoms with Crippen molar-refractivity contribution in [1.29, 1.82) is 0 Å². The molecule has 7 nitrogen and oxygen atoms in total. The second kappa shape index (κ2) is 6.35. The van der Waals surface area contributed by atoms with Crippen LogP contribution in [-0.4, -0.2) is 41.8 Å². The molecule has 1 fully saturated rings. The lowest BCUT2D eigenvalue weighted by Gasteiger charge is -2.36. The van der Waals surface area contributed by atoms with E-state index in [0.717, 1.165) is 3.57 Å². The summed E-state index contributed by atoms with van der Waals surface area (Å²) in [7, 11) is 0. The van der Waals surface area contributed by atoms with Crippen LogP contribution in [0.1, 0.15) is 6.42 Å². The summed E-state index contributed by atoms with van der Waals surface area (Å²) in [6.45, 7) is 1.13. The molecule has 1 N–H and O–H groups in total. The van der Waals surface area contributed by atoms with Crippen LogP contribution in [0.15, 0.2) is 18.2 Å². The van der Waals surface area contributed by atoms with Crippen molar-refractivity contribution in [2.45, 2.75) is 12.5 Å². The van der Waals surface area contributed by atoms with Crippen LogP contribution in [0, 0.1) is 13.7 Å². The Kier molecular flexibility index (Phi) is 4.76. The topological polar surface area (TPSA) is 92.9 Å². The highest BCUT2D eigenvalue weighted by Crippen LogP contribution is 2.32. The third-order valence-electron chi connectivity index (χ3n) is 3.08. The number of hydrogen-bond acceptors (Lipinski definition) is 5. The number of nitro groups is 1. The minimum absolute atomic E-state index is 0.00538. The molecule has 0 aliphatic carbocycles. The maximum absolute atomic E-state index is 11.2. The Balaban J connectivity index is 2.36. The maximum Gasteiger partial charge on any atom is 0.305 e. The summed E-state index contributed by atoms with van der Waals surface area (Å²) in [5.74, 6) is -0.946. The zero-order chi connectivity index (χ0) is 14.7. The van der Waals surface area contributed by atoms with Gasteiger partial charge in [0.15, 0.2) is 0 Å². The van der Waals surface area contributed by atoms with E-state index >= 15 is 0 Å². The average Bonchev–Trinajstić information content (AvgIpc) is 2.39. The number of rotatable bonds is 4. The van der Waals surface area contributed by atoms with Gasteiger partial charge < -0.3 is 14.7 Å². The molecule has 1 atom stereocenters. The number of carbonyl (C=O) groups is 1. The van der Waals surface area contributed by atoms with Crippen molar-refractivity contribution in [3.63, 3.8) is 0 Å². The zero-order valence-electron chi connectivity index (χ0n) is 10.5. The van der Waals surface area contributed by atoms with Crippen molar-refractivity contribution in [2.24, 2.45) is 0 Å². The van der Waals surface area contributed by atoms with Crippen LogP contribution in [0.5, 0.6) is 0 Å². The van der Waals surface area contributed by atoms with E-state index in [4.69, 9.17) is 9.84 Å². The number of carboxylic acids is 1. The molecule has 0 spiro atoms. The van der Waals surface area contributed by atoms with Crippen molar-refractivity contribution in [1.82, 2.24) is 0 Å². The number of hydrogen-bond donors (Lipinski definition) is 1. The molecule has 1 aromatic rings. The number of morpholine rings is 1. The first-order valence-electron chi connectivity index (χ1n) is 5.99. The molecule has 2 rings (SSSR count). The van der Waals surface area contributed by atoms with Crippen LogP contribution >= 0.6 is 22.6 Å². The Morgan fingerprint density at radius 2 is 2.35 bits per heavy atom. The number of carboxylic acid groups (broad SMARTS) is 1. The fraction of sp³-hybridized carbons (Fsp3) is 0.417. The Labute approximate surface area is 128 Å². The third-order valence-corrected chi connectivity index (χ3v) is 3.75. The predicted molar refractivity (Wildman–Crippen MR) is 80.0 cm³/mol. The van der Waals surface area contributed by atoms with E-state index < -0.39 is 10.9 Å². The molecular weight excluding hydrogens is 379 g/mol. The van der Waals surface area contributed by atoms with Crippen LogP contribution < -0.4 is 4.90 Å². The summed E-state index contributed by atoms with van der Waals surface area (Å²) in [5.41, 5.74) is 0.444. The molecule has 1 saturated heterocycles. The molecule has 1 aliphatic rings. The third kappa shape index (κ3) is 3.37.